The molecule has 1 fully saturated rings. The maximum absolute atomic E-state index is 14.4. The molecule has 0 aliphatic heterocycles. The number of amides is 2. The third-order valence-corrected chi connectivity index (χ3v) is 10.9. The molecule has 5 atom stereocenters. The van der Waals surface area contributed by atoms with E-state index < -0.39 is 65.0 Å². The van der Waals surface area contributed by atoms with Crippen LogP contribution in [0.25, 0.3) is 22.2 Å². The van der Waals surface area contributed by atoms with E-state index in [9.17, 15) is 29.1 Å². The van der Waals surface area contributed by atoms with E-state index in [4.69, 9.17) is 19.2 Å². The number of benzene rings is 2. The number of nitrogens with zero attached hydrogens (tertiary/aromatic N) is 1. The fraction of sp³-hybridized carbons (Fsp3) is 0.500. The van der Waals surface area contributed by atoms with Gasteiger partial charge >= 0.3 is 11.9 Å². The van der Waals surface area contributed by atoms with Gasteiger partial charge in [0.2, 0.25) is 11.8 Å². The minimum absolute atomic E-state index is 0.0825. The molecule has 3 N–H and O–H groups in total. The molecule has 1 heterocycles. The van der Waals surface area contributed by atoms with Gasteiger partial charge in [-0.1, -0.05) is 83.7 Å². The number of methoxy groups -OCH3 is 2. The highest BCUT2D eigenvalue weighted by atomic mass is 16.5. The summed E-state index contributed by atoms with van der Waals surface area (Å²) in [5, 5.41) is 16.4. The lowest BCUT2D eigenvalue weighted by Gasteiger charge is -2.34. The lowest BCUT2D eigenvalue weighted by atomic mass is 9.82. The van der Waals surface area contributed by atoms with Gasteiger partial charge in [0, 0.05) is 41.5 Å². The summed E-state index contributed by atoms with van der Waals surface area (Å²) in [6.45, 7) is 7.27. The molecule has 12 heteroatoms. The summed E-state index contributed by atoms with van der Waals surface area (Å²) in [4.78, 5) is 72.3. The number of ketones is 1. The van der Waals surface area contributed by atoms with E-state index in [1.807, 2.05) is 49.4 Å². The number of carbonyl (C=O) groups is 5. The largest absolute Gasteiger partial charge is 0.497 e. The molecule has 0 saturated heterocycles. The van der Waals surface area contributed by atoms with Crippen molar-refractivity contribution in [1.82, 2.24) is 15.6 Å². The molecule has 0 radical (unpaired) electrons. The molecule has 300 valence electrons. The molecule has 0 spiro atoms. The number of rotatable bonds is 16. The van der Waals surface area contributed by atoms with E-state index >= 15 is 0 Å². The highest BCUT2D eigenvalue weighted by molar-refractivity contribution is 6.04. The zero-order chi connectivity index (χ0) is 40.6. The first kappa shape index (κ1) is 41.9. The number of esters is 1. The third kappa shape index (κ3) is 10.1. The Labute approximate surface area is 328 Å². The van der Waals surface area contributed by atoms with Gasteiger partial charge in [-0.25, -0.2) is 9.78 Å². The van der Waals surface area contributed by atoms with Gasteiger partial charge in [0.1, 0.15) is 35.5 Å². The number of aromatic nitrogens is 1. The first-order valence-corrected chi connectivity index (χ1v) is 19.6. The van der Waals surface area contributed by atoms with Crippen molar-refractivity contribution in [3.8, 4) is 22.8 Å². The van der Waals surface area contributed by atoms with Crippen molar-refractivity contribution in [3.05, 3.63) is 66.2 Å². The molecule has 2 aromatic carbocycles. The molecule has 3 aromatic rings. The minimum Gasteiger partial charge on any atom is -0.497 e. The van der Waals surface area contributed by atoms with Crippen LogP contribution in [0.4, 0.5) is 0 Å². The van der Waals surface area contributed by atoms with Gasteiger partial charge in [-0.2, -0.15) is 0 Å². The number of hydrogen-bond acceptors (Lipinski definition) is 9. The average molecular weight is 770 g/mol. The second kappa shape index (κ2) is 18.6. The van der Waals surface area contributed by atoms with Crippen molar-refractivity contribution in [2.24, 2.45) is 23.2 Å². The molecule has 1 aromatic heterocycles. The first-order valence-electron chi connectivity index (χ1n) is 19.6. The lowest BCUT2D eigenvalue weighted by molar-refractivity contribution is -0.148. The Bertz CT molecular complexity index is 1930. The highest BCUT2D eigenvalue weighted by Gasteiger charge is 2.42. The van der Waals surface area contributed by atoms with Crippen LogP contribution >= 0.6 is 0 Å². The van der Waals surface area contributed by atoms with Gasteiger partial charge in [0.25, 0.3) is 0 Å². The lowest BCUT2D eigenvalue weighted by Crippen LogP contribution is -2.58. The van der Waals surface area contributed by atoms with Crippen molar-refractivity contribution in [1.29, 1.82) is 0 Å². The number of nitrogens with one attached hydrogen (secondary N) is 2. The maximum Gasteiger partial charge on any atom is 0.328 e. The van der Waals surface area contributed by atoms with E-state index in [0.717, 1.165) is 37.7 Å². The summed E-state index contributed by atoms with van der Waals surface area (Å²) in [6, 6.07) is 14.9. The Morgan fingerprint density at radius 1 is 0.946 bits per heavy atom. The molecule has 2 aliphatic rings. The molecule has 0 unspecified atom stereocenters. The van der Waals surface area contributed by atoms with Crippen LogP contribution in [0.5, 0.6) is 11.5 Å². The van der Waals surface area contributed by atoms with Crippen LogP contribution in [0.1, 0.15) is 85.5 Å². The van der Waals surface area contributed by atoms with E-state index in [1.165, 1.54) is 7.11 Å². The number of hydrogen-bond donors (Lipinski definition) is 3. The molecule has 5 rings (SSSR count). The SMILES string of the molecule is CCC[C@H](CC(=O)[C@H]1C[C@H](Oc2cc(-c3ccccc3)nc3cc(OC)ccc23)C=C1C(=O)N[C@H](C(=O)N[C@H](C(=O)OC)C1CCCCC1)C(C)(C)C)C(=O)O. The monoisotopic (exact) mass is 769 g/mol. The zero-order valence-electron chi connectivity index (χ0n) is 33.3. The summed E-state index contributed by atoms with van der Waals surface area (Å²) in [5.74, 6) is -4.09. The molecule has 0 bridgehead atoms. The predicted octanol–water partition coefficient (Wildman–Crippen LogP) is 6.83. The summed E-state index contributed by atoms with van der Waals surface area (Å²) in [7, 11) is 2.86. The van der Waals surface area contributed by atoms with Crippen LogP contribution in [0.3, 0.4) is 0 Å². The van der Waals surface area contributed by atoms with Gasteiger partial charge < -0.3 is 30.0 Å². The Balaban J connectivity index is 1.48. The van der Waals surface area contributed by atoms with Gasteiger partial charge in [0.15, 0.2) is 0 Å². The number of carboxylic acids is 1. The number of carbonyl (C=O) groups excluding carboxylic acids is 4. The summed E-state index contributed by atoms with van der Waals surface area (Å²) in [5.41, 5.74) is 1.42. The Kier molecular flexibility index (Phi) is 13.9. The van der Waals surface area contributed by atoms with E-state index in [2.05, 4.69) is 10.6 Å². The fourth-order valence-electron chi connectivity index (χ4n) is 7.82. The van der Waals surface area contributed by atoms with E-state index in [0.29, 0.717) is 40.9 Å². The van der Waals surface area contributed by atoms with Crippen LogP contribution < -0.4 is 20.1 Å². The number of ether oxygens (including phenoxy) is 3. The van der Waals surface area contributed by atoms with Crippen LogP contribution in [-0.4, -0.2) is 72.0 Å². The minimum atomic E-state index is -1.10. The van der Waals surface area contributed by atoms with Crippen LogP contribution in [-0.2, 0) is 28.7 Å². The second-order valence-corrected chi connectivity index (χ2v) is 16.0. The normalized spacial score (nSPS) is 18.9. The van der Waals surface area contributed by atoms with Crippen LogP contribution in [0, 0.1) is 23.2 Å². The van der Waals surface area contributed by atoms with Crippen LogP contribution in [0.15, 0.2) is 66.2 Å². The zero-order valence-corrected chi connectivity index (χ0v) is 33.3. The van der Waals surface area contributed by atoms with Gasteiger partial charge in [-0.15, -0.1) is 0 Å². The quantitative estimate of drug-likeness (QED) is 0.131. The standard InChI is InChI=1S/C44H55N3O9/c1-7-14-28(42(51)52)21-36(48)32-22-30(56-37-25-34(26-15-10-8-11-16-26)45-35-24-29(54-5)19-20-31(35)37)23-33(32)40(49)47-39(44(2,3)4)41(50)46-38(43(53)55-6)27-17-12-9-13-18-27/h8,10-11,15-16,19-20,23-25,27-28,30,32,38-39H,7,9,12-14,17-18,21-22H2,1-6H3,(H,46,50)(H,47,49)(H,51,52)/t28-,30+,32+,38+,39-/m1/s1. The van der Waals surface area contributed by atoms with E-state index in [-0.39, 0.29) is 24.3 Å². The molecular weight excluding hydrogens is 714 g/mol. The Hall–Kier alpha value is -5.26. The fourth-order valence-corrected chi connectivity index (χ4v) is 7.82. The van der Waals surface area contributed by atoms with Crippen molar-refractivity contribution in [2.45, 2.75) is 104 Å². The van der Waals surface area contributed by atoms with Gasteiger partial charge in [-0.3, -0.25) is 19.2 Å². The molecule has 12 nitrogen and oxygen atoms in total. The average Bonchev–Trinajstić information content (AvgIpc) is 3.62. The maximum atomic E-state index is 14.4. The number of fused-ring (bicyclic) bond motifs is 1. The Morgan fingerprint density at radius 3 is 2.29 bits per heavy atom. The summed E-state index contributed by atoms with van der Waals surface area (Å²) < 4.78 is 17.2. The second-order valence-electron chi connectivity index (χ2n) is 16.0. The van der Waals surface area contributed by atoms with Crippen molar-refractivity contribution in [2.75, 3.05) is 14.2 Å². The number of pyridine rings is 1. The van der Waals surface area contributed by atoms with Crippen molar-refractivity contribution < 1.29 is 43.3 Å². The summed E-state index contributed by atoms with van der Waals surface area (Å²) in [6.07, 6.45) is 6.04. The van der Waals surface area contributed by atoms with E-state index in [1.54, 1.807) is 46.1 Å². The topological polar surface area (TPSA) is 170 Å². The number of aliphatic carboxylic acids is 1. The number of carboxylic acid groups (broad SMARTS) is 1. The number of Topliss-reactive ketones (excluding diaryl/α,β-unsaturated/α-hetero) is 1. The molecule has 56 heavy (non-hydrogen) atoms. The van der Waals surface area contributed by atoms with Crippen molar-refractivity contribution >= 4 is 40.4 Å². The smallest absolute Gasteiger partial charge is 0.328 e. The van der Waals surface area contributed by atoms with Crippen molar-refractivity contribution in [3.63, 3.8) is 0 Å². The molecular formula is C44H55N3O9. The van der Waals surface area contributed by atoms with Gasteiger partial charge in [0.05, 0.1) is 37.3 Å². The Morgan fingerprint density at radius 2 is 1.66 bits per heavy atom. The van der Waals surface area contributed by atoms with Crippen LogP contribution in [0.2, 0.25) is 0 Å². The predicted molar refractivity (Wildman–Crippen MR) is 212 cm³/mol. The molecule has 2 aliphatic carbocycles. The molecule has 2 amide bonds. The highest BCUT2D eigenvalue weighted by Crippen LogP contribution is 2.37. The summed E-state index contributed by atoms with van der Waals surface area (Å²) >= 11 is 0. The molecule has 1 saturated carbocycles. The first-order chi connectivity index (χ1) is 26.7. The van der Waals surface area contributed by atoms with Gasteiger partial charge in [-0.05, 0) is 48.8 Å². The third-order valence-electron chi connectivity index (χ3n) is 10.9.